The van der Waals surface area contributed by atoms with E-state index in [4.69, 9.17) is 4.42 Å². The Bertz CT molecular complexity index is 525. The fourth-order valence-electron chi connectivity index (χ4n) is 1.58. The van der Waals surface area contributed by atoms with Gasteiger partial charge in [-0.25, -0.2) is 0 Å². The highest BCUT2D eigenvalue weighted by molar-refractivity contribution is 9.10. The number of halogens is 1. The third-order valence-electron chi connectivity index (χ3n) is 2.33. The molecule has 16 heavy (non-hydrogen) atoms. The van der Waals surface area contributed by atoms with Gasteiger partial charge in [0, 0.05) is 15.8 Å². The lowest BCUT2D eigenvalue weighted by molar-refractivity contribution is 0.104. The SMILES string of the molecule is CCc1occc1C(=O)c1sc(C)cc1Br. The van der Waals surface area contributed by atoms with E-state index in [0.717, 1.165) is 26.4 Å². The Morgan fingerprint density at radius 3 is 2.88 bits per heavy atom. The molecule has 0 aliphatic heterocycles. The van der Waals surface area contributed by atoms with Gasteiger partial charge in [-0.3, -0.25) is 4.79 Å². The number of furan rings is 1. The molecule has 0 bridgehead atoms. The molecule has 0 atom stereocenters. The summed E-state index contributed by atoms with van der Waals surface area (Å²) in [6.07, 6.45) is 2.30. The van der Waals surface area contributed by atoms with Crippen LogP contribution in [0.3, 0.4) is 0 Å². The number of rotatable bonds is 3. The predicted molar refractivity (Wildman–Crippen MR) is 68.3 cm³/mol. The van der Waals surface area contributed by atoms with Crippen LogP contribution >= 0.6 is 27.3 Å². The summed E-state index contributed by atoms with van der Waals surface area (Å²) in [5.41, 5.74) is 0.671. The van der Waals surface area contributed by atoms with Crippen molar-refractivity contribution in [1.82, 2.24) is 0 Å². The van der Waals surface area contributed by atoms with Gasteiger partial charge in [0.2, 0.25) is 5.78 Å². The largest absolute Gasteiger partial charge is 0.469 e. The van der Waals surface area contributed by atoms with Crippen molar-refractivity contribution >= 4 is 33.0 Å². The fraction of sp³-hybridized carbons (Fsp3) is 0.250. The van der Waals surface area contributed by atoms with E-state index in [0.29, 0.717) is 5.56 Å². The second-order valence-electron chi connectivity index (χ2n) is 3.47. The minimum Gasteiger partial charge on any atom is -0.469 e. The maximum atomic E-state index is 12.2. The van der Waals surface area contributed by atoms with Crippen LogP contribution in [0.1, 0.15) is 32.8 Å². The summed E-state index contributed by atoms with van der Waals surface area (Å²) in [6.45, 7) is 3.96. The third kappa shape index (κ3) is 1.99. The van der Waals surface area contributed by atoms with Crippen molar-refractivity contribution < 1.29 is 9.21 Å². The van der Waals surface area contributed by atoms with Crippen molar-refractivity contribution in [3.63, 3.8) is 0 Å². The molecule has 0 radical (unpaired) electrons. The number of aryl methyl sites for hydroxylation is 2. The Morgan fingerprint density at radius 1 is 1.56 bits per heavy atom. The highest BCUT2D eigenvalue weighted by Crippen LogP contribution is 2.30. The number of thiophene rings is 1. The zero-order valence-electron chi connectivity index (χ0n) is 9.04. The molecule has 0 saturated carbocycles. The lowest BCUT2D eigenvalue weighted by atomic mass is 10.1. The number of ketones is 1. The second kappa shape index (κ2) is 4.55. The first-order valence-electron chi connectivity index (χ1n) is 5.00. The van der Waals surface area contributed by atoms with E-state index in [-0.39, 0.29) is 5.78 Å². The van der Waals surface area contributed by atoms with Crippen LogP contribution in [0.2, 0.25) is 0 Å². The minimum atomic E-state index is 0.0376. The van der Waals surface area contributed by atoms with Crippen molar-refractivity contribution in [3.8, 4) is 0 Å². The average Bonchev–Trinajstić information content (AvgIpc) is 2.83. The molecule has 4 heteroatoms. The fourth-order valence-corrected chi connectivity index (χ4v) is 3.35. The monoisotopic (exact) mass is 298 g/mol. The first kappa shape index (κ1) is 11.6. The van der Waals surface area contributed by atoms with Crippen LogP contribution < -0.4 is 0 Å². The van der Waals surface area contributed by atoms with Crippen LogP contribution in [-0.2, 0) is 6.42 Å². The lowest BCUT2D eigenvalue weighted by Crippen LogP contribution is -2.00. The summed E-state index contributed by atoms with van der Waals surface area (Å²) in [6, 6.07) is 3.70. The molecule has 0 unspecified atom stereocenters. The van der Waals surface area contributed by atoms with Gasteiger partial charge < -0.3 is 4.42 Å². The van der Waals surface area contributed by atoms with Crippen LogP contribution in [0.15, 0.2) is 27.3 Å². The molecule has 0 saturated heterocycles. The molecule has 2 aromatic rings. The number of carbonyl (C=O) groups is 1. The highest BCUT2D eigenvalue weighted by atomic mass is 79.9. The minimum absolute atomic E-state index is 0.0376. The van der Waals surface area contributed by atoms with Crippen molar-refractivity contribution in [3.05, 3.63) is 43.9 Å². The van der Waals surface area contributed by atoms with E-state index < -0.39 is 0 Å². The lowest BCUT2D eigenvalue weighted by Gasteiger charge is -1.98. The zero-order chi connectivity index (χ0) is 11.7. The van der Waals surface area contributed by atoms with Crippen molar-refractivity contribution in [2.24, 2.45) is 0 Å². The van der Waals surface area contributed by atoms with E-state index in [1.807, 2.05) is 19.9 Å². The molecule has 0 aliphatic rings. The van der Waals surface area contributed by atoms with E-state index in [1.54, 1.807) is 12.3 Å². The summed E-state index contributed by atoms with van der Waals surface area (Å²) in [4.78, 5) is 14.1. The number of hydrogen-bond donors (Lipinski definition) is 0. The van der Waals surface area contributed by atoms with Gasteiger partial charge in [0.15, 0.2) is 0 Å². The maximum absolute atomic E-state index is 12.2. The predicted octanol–water partition coefficient (Wildman–Crippen LogP) is 4.21. The molecule has 0 fully saturated rings. The zero-order valence-corrected chi connectivity index (χ0v) is 11.4. The Balaban J connectivity index is 2.43. The quantitative estimate of drug-likeness (QED) is 0.795. The average molecular weight is 299 g/mol. The van der Waals surface area contributed by atoms with Gasteiger partial charge in [-0.15, -0.1) is 11.3 Å². The van der Waals surface area contributed by atoms with E-state index >= 15 is 0 Å². The van der Waals surface area contributed by atoms with Crippen molar-refractivity contribution in [2.75, 3.05) is 0 Å². The van der Waals surface area contributed by atoms with Gasteiger partial charge >= 0.3 is 0 Å². The maximum Gasteiger partial charge on any atom is 0.207 e. The summed E-state index contributed by atoms with van der Waals surface area (Å²) in [7, 11) is 0. The van der Waals surface area contributed by atoms with Crippen LogP contribution in [0.4, 0.5) is 0 Å². The summed E-state index contributed by atoms with van der Waals surface area (Å²) in [5.74, 6) is 0.790. The van der Waals surface area contributed by atoms with E-state index in [2.05, 4.69) is 15.9 Å². The number of hydrogen-bond acceptors (Lipinski definition) is 3. The summed E-state index contributed by atoms with van der Waals surface area (Å²) < 4.78 is 6.14. The Labute approximate surface area is 106 Å². The van der Waals surface area contributed by atoms with Gasteiger partial charge in [0.25, 0.3) is 0 Å². The first-order valence-corrected chi connectivity index (χ1v) is 6.61. The molecule has 84 valence electrons. The standard InChI is InChI=1S/C12H11BrO2S/c1-3-10-8(4-5-15-10)11(14)12-9(13)6-7(2)16-12/h4-6H,3H2,1-2H3. The van der Waals surface area contributed by atoms with Crippen LogP contribution in [0.25, 0.3) is 0 Å². The Kier molecular flexibility index (Phi) is 3.30. The Morgan fingerprint density at radius 2 is 2.31 bits per heavy atom. The molecule has 2 heterocycles. The molecule has 0 aliphatic carbocycles. The molecule has 0 amide bonds. The van der Waals surface area contributed by atoms with Crippen molar-refractivity contribution in [1.29, 1.82) is 0 Å². The van der Waals surface area contributed by atoms with Gasteiger partial charge in [-0.2, -0.15) is 0 Å². The first-order chi connectivity index (χ1) is 7.63. The smallest absolute Gasteiger partial charge is 0.207 e. The van der Waals surface area contributed by atoms with Crippen LogP contribution in [0.5, 0.6) is 0 Å². The molecule has 0 N–H and O–H groups in total. The molecule has 2 aromatic heterocycles. The van der Waals surface area contributed by atoms with E-state index in [1.165, 1.54) is 11.3 Å². The van der Waals surface area contributed by atoms with Gasteiger partial charge in [-0.1, -0.05) is 6.92 Å². The summed E-state index contributed by atoms with van der Waals surface area (Å²) >= 11 is 4.91. The van der Waals surface area contributed by atoms with Gasteiger partial charge in [-0.05, 0) is 35.0 Å². The Hall–Kier alpha value is -0.870. The highest BCUT2D eigenvalue weighted by Gasteiger charge is 2.19. The third-order valence-corrected chi connectivity index (χ3v) is 4.26. The normalized spacial score (nSPS) is 10.7. The molecule has 2 nitrogen and oxygen atoms in total. The second-order valence-corrected chi connectivity index (χ2v) is 5.58. The molecular formula is C12H11BrO2S. The number of carbonyl (C=O) groups excluding carboxylic acids is 1. The van der Waals surface area contributed by atoms with Gasteiger partial charge in [0.05, 0.1) is 16.7 Å². The van der Waals surface area contributed by atoms with Crippen LogP contribution in [-0.4, -0.2) is 5.78 Å². The van der Waals surface area contributed by atoms with Crippen molar-refractivity contribution in [2.45, 2.75) is 20.3 Å². The molecule has 0 aromatic carbocycles. The summed E-state index contributed by atoms with van der Waals surface area (Å²) in [5, 5.41) is 0. The molecule has 0 spiro atoms. The molecule has 2 rings (SSSR count). The van der Waals surface area contributed by atoms with E-state index in [9.17, 15) is 4.79 Å². The molecular weight excluding hydrogens is 288 g/mol. The van der Waals surface area contributed by atoms with Gasteiger partial charge in [0.1, 0.15) is 5.76 Å². The topological polar surface area (TPSA) is 30.2 Å². The van der Waals surface area contributed by atoms with Crippen LogP contribution in [0, 0.1) is 6.92 Å².